The van der Waals surface area contributed by atoms with Gasteiger partial charge in [-0.3, -0.25) is 4.90 Å². The van der Waals surface area contributed by atoms with Crippen molar-refractivity contribution in [1.82, 2.24) is 14.6 Å². The van der Waals surface area contributed by atoms with Crippen LogP contribution in [-0.4, -0.2) is 37.4 Å². The number of nitrogens with one attached hydrogen (secondary N) is 1. The van der Waals surface area contributed by atoms with E-state index in [2.05, 4.69) is 14.6 Å². The molecule has 25 heavy (non-hydrogen) atoms. The second kappa shape index (κ2) is 6.96. The summed E-state index contributed by atoms with van der Waals surface area (Å²) in [5.41, 5.74) is 0. The molecule has 5 nitrogen and oxygen atoms in total. The normalized spacial score (nSPS) is 26.8. The molecule has 134 valence electrons. The summed E-state index contributed by atoms with van der Waals surface area (Å²) in [6.45, 7) is 2.70. The molecule has 8 heteroatoms. The molecule has 1 N–H and O–H groups in total. The predicted octanol–water partition coefficient (Wildman–Crippen LogP) is 2.99. The zero-order chi connectivity index (χ0) is 17.4. The molecule has 1 aliphatic carbocycles. The molecule has 1 unspecified atom stereocenters. The Morgan fingerprint density at radius 1 is 1.20 bits per heavy atom. The number of hydrogen-bond acceptors (Lipinski definition) is 5. The van der Waals surface area contributed by atoms with Crippen molar-refractivity contribution in [3.8, 4) is 0 Å². The molecule has 1 saturated carbocycles. The zero-order valence-electron chi connectivity index (χ0n) is 13.6. The molecule has 2 bridgehead atoms. The van der Waals surface area contributed by atoms with Crippen LogP contribution in [-0.2, 0) is 16.6 Å². The summed E-state index contributed by atoms with van der Waals surface area (Å²) in [6, 6.07) is 6.37. The van der Waals surface area contributed by atoms with Crippen LogP contribution in [0.2, 0.25) is 5.02 Å². The van der Waals surface area contributed by atoms with E-state index in [1.165, 1.54) is 0 Å². The number of aromatic nitrogens is 1. The van der Waals surface area contributed by atoms with Gasteiger partial charge in [0.2, 0.25) is 10.0 Å². The number of fused-ring (bicyclic) bond motifs is 2. The highest BCUT2D eigenvalue weighted by atomic mass is 35.5. The van der Waals surface area contributed by atoms with Crippen LogP contribution in [0.25, 0.3) is 0 Å². The summed E-state index contributed by atoms with van der Waals surface area (Å²) >= 11 is 7.53. The van der Waals surface area contributed by atoms with Crippen LogP contribution in [0.1, 0.15) is 17.8 Å². The van der Waals surface area contributed by atoms with Crippen LogP contribution in [0.5, 0.6) is 0 Å². The molecule has 3 atom stereocenters. The zero-order valence-corrected chi connectivity index (χ0v) is 16.0. The molecule has 1 aromatic carbocycles. The summed E-state index contributed by atoms with van der Waals surface area (Å²) in [5, 5.41) is 3.66. The van der Waals surface area contributed by atoms with Gasteiger partial charge in [-0.15, -0.1) is 11.3 Å². The van der Waals surface area contributed by atoms with Crippen LogP contribution in [0, 0.1) is 11.8 Å². The van der Waals surface area contributed by atoms with E-state index in [0.717, 1.165) is 37.5 Å². The average molecular weight is 398 g/mol. The number of halogens is 1. The van der Waals surface area contributed by atoms with E-state index in [0.29, 0.717) is 16.9 Å². The molecule has 1 saturated heterocycles. The summed E-state index contributed by atoms with van der Waals surface area (Å²) in [4.78, 5) is 7.05. The second-order valence-corrected chi connectivity index (χ2v) is 9.95. The van der Waals surface area contributed by atoms with Crippen molar-refractivity contribution in [3.63, 3.8) is 0 Å². The van der Waals surface area contributed by atoms with Gasteiger partial charge in [-0.05, 0) is 48.9 Å². The summed E-state index contributed by atoms with van der Waals surface area (Å²) in [7, 11) is -3.51. The largest absolute Gasteiger partial charge is 0.296 e. The smallest absolute Gasteiger partial charge is 0.240 e. The Morgan fingerprint density at radius 2 is 1.88 bits per heavy atom. The van der Waals surface area contributed by atoms with Gasteiger partial charge in [-0.1, -0.05) is 11.6 Å². The third kappa shape index (κ3) is 3.75. The van der Waals surface area contributed by atoms with Crippen LogP contribution < -0.4 is 4.72 Å². The first-order valence-corrected chi connectivity index (χ1v) is 11.1. The first-order valence-electron chi connectivity index (χ1n) is 8.40. The first-order chi connectivity index (χ1) is 12.0. The van der Waals surface area contributed by atoms with Gasteiger partial charge < -0.3 is 0 Å². The van der Waals surface area contributed by atoms with Crippen molar-refractivity contribution in [1.29, 1.82) is 0 Å². The molecule has 4 rings (SSSR count). The highest BCUT2D eigenvalue weighted by Crippen LogP contribution is 2.38. The van der Waals surface area contributed by atoms with Crippen molar-refractivity contribution < 1.29 is 8.42 Å². The fourth-order valence-electron chi connectivity index (χ4n) is 4.02. The van der Waals surface area contributed by atoms with E-state index in [-0.39, 0.29) is 10.9 Å². The van der Waals surface area contributed by atoms with E-state index < -0.39 is 10.0 Å². The minimum atomic E-state index is -3.51. The van der Waals surface area contributed by atoms with E-state index in [4.69, 9.17) is 11.6 Å². The van der Waals surface area contributed by atoms with Crippen LogP contribution >= 0.6 is 22.9 Å². The van der Waals surface area contributed by atoms with Crippen molar-refractivity contribution >= 4 is 33.0 Å². The molecule has 1 aromatic heterocycles. The van der Waals surface area contributed by atoms with Crippen molar-refractivity contribution in [2.24, 2.45) is 11.8 Å². The minimum Gasteiger partial charge on any atom is -0.296 e. The summed E-state index contributed by atoms with van der Waals surface area (Å²) < 4.78 is 28.3. The lowest BCUT2D eigenvalue weighted by Crippen LogP contribution is -2.52. The fourth-order valence-corrected chi connectivity index (χ4v) is 6.18. The monoisotopic (exact) mass is 397 g/mol. The van der Waals surface area contributed by atoms with Gasteiger partial charge in [0, 0.05) is 35.7 Å². The van der Waals surface area contributed by atoms with Gasteiger partial charge >= 0.3 is 0 Å². The van der Waals surface area contributed by atoms with Crippen LogP contribution in [0.15, 0.2) is 40.7 Å². The lowest BCUT2D eigenvalue weighted by molar-refractivity contribution is 0.133. The molecule has 2 aliphatic rings. The Bertz CT molecular complexity index is 810. The Balaban J connectivity index is 1.45. The standard InChI is InChI=1S/C17H20ClN3O2S2/c18-14-3-5-15(6-4-14)25(22,23)20-17-12-1-2-13(17)10-21(9-12)11-16-19-7-8-24-16/h3-8,12-13,17,20H,1-2,9-11H2/t12-,13+,17?. The Morgan fingerprint density at radius 3 is 2.48 bits per heavy atom. The number of thiazole rings is 1. The number of rotatable bonds is 5. The molecule has 2 heterocycles. The third-order valence-corrected chi connectivity index (χ3v) is 7.66. The van der Waals surface area contributed by atoms with Gasteiger partial charge in [0.1, 0.15) is 5.01 Å². The topological polar surface area (TPSA) is 62.3 Å². The maximum absolute atomic E-state index is 12.7. The summed E-state index contributed by atoms with van der Waals surface area (Å²) in [5.74, 6) is 0.724. The van der Waals surface area contributed by atoms with Crippen molar-refractivity contribution in [2.75, 3.05) is 13.1 Å². The van der Waals surface area contributed by atoms with Crippen molar-refractivity contribution in [2.45, 2.75) is 30.3 Å². The Kier molecular flexibility index (Phi) is 4.85. The highest BCUT2D eigenvalue weighted by molar-refractivity contribution is 7.89. The van der Waals surface area contributed by atoms with E-state index in [1.54, 1.807) is 35.6 Å². The summed E-state index contributed by atoms with van der Waals surface area (Å²) in [6.07, 6.45) is 3.99. The molecule has 0 amide bonds. The molecule has 2 fully saturated rings. The van der Waals surface area contributed by atoms with E-state index in [1.807, 2.05) is 11.6 Å². The Labute approximate surface area is 157 Å². The number of likely N-dealkylation sites (tertiary alicyclic amines) is 1. The predicted molar refractivity (Wildman–Crippen MR) is 99.2 cm³/mol. The lowest BCUT2D eigenvalue weighted by Gasteiger charge is -2.37. The molecular weight excluding hydrogens is 378 g/mol. The third-order valence-electron chi connectivity index (χ3n) is 5.17. The van der Waals surface area contributed by atoms with Gasteiger partial charge in [0.15, 0.2) is 0 Å². The quantitative estimate of drug-likeness (QED) is 0.842. The average Bonchev–Trinajstić information content (AvgIpc) is 3.14. The molecule has 0 spiro atoms. The number of piperidine rings is 1. The minimum absolute atomic E-state index is 0.0215. The van der Waals surface area contributed by atoms with Gasteiger partial charge in [0.05, 0.1) is 11.4 Å². The molecule has 2 aromatic rings. The van der Waals surface area contributed by atoms with Gasteiger partial charge in [0.25, 0.3) is 0 Å². The number of nitrogens with zero attached hydrogens (tertiary/aromatic N) is 2. The van der Waals surface area contributed by atoms with Crippen LogP contribution in [0.3, 0.4) is 0 Å². The SMILES string of the molecule is O=S(=O)(NC1[C@@H]2CC[C@H]1CN(Cc1nccs1)C2)c1ccc(Cl)cc1. The van der Waals surface area contributed by atoms with E-state index in [9.17, 15) is 8.42 Å². The maximum Gasteiger partial charge on any atom is 0.240 e. The number of hydrogen-bond donors (Lipinski definition) is 1. The van der Waals surface area contributed by atoms with Crippen LogP contribution in [0.4, 0.5) is 0 Å². The van der Waals surface area contributed by atoms with Gasteiger partial charge in [-0.25, -0.2) is 18.1 Å². The van der Waals surface area contributed by atoms with E-state index >= 15 is 0 Å². The second-order valence-electron chi connectivity index (χ2n) is 6.82. The number of sulfonamides is 1. The fraction of sp³-hybridized carbons (Fsp3) is 0.471. The Hall–Kier alpha value is -0.990. The lowest BCUT2D eigenvalue weighted by atomic mass is 9.93. The maximum atomic E-state index is 12.7. The van der Waals surface area contributed by atoms with Crippen molar-refractivity contribution in [3.05, 3.63) is 45.9 Å². The first kappa shape index (κ1) is 17.4. The van der Waals surface area contributed by atoms with Gasteiger partial charge in [-0.2, -0.15) is 0 Å². The molecular formula is C17H20ClN3O2S2. The molecule has 0 radical (unpaired) electrons. The molecule has 1 aliphatic heterocycles. The highest BCUT2D eigenvalue weighted by Gasteiger charge is 2.43. The number of benzene rings is 1.